The molecule has 1 heterocycles. The maximum absolute atomic E-state index is 12.7. The van der Waals surface area contributed by atoms with E-state index in [4.69, 9.17) is 4.74 Å². The number of hydrogen-bond donors (Lipinski definition) is 1. The molecule has 1 saturated carbocycles. The molecule has 1 aliphatic heterocycles. The second-order valence-corrected chi connectivity index (χ2v) is 11.1. The summed E-state index contributed by atoms with van der Waals surface area (Å²) < 4.78 is 6.23. The summed E-state index contributed by atoms with van der Waals surface area (Å²) >= 11 is 0. The minimum Gasteiger partial charge on any atom is -0.492 e. The Bertz CT molecular complexity index is 992. The first-order valence-electron chi connectivity index (χ1n) is 12.3. The number of carbonyl (C=O) groups is 1. The van der Waals surface area contributed by atoms with E-state index in [0.29, 0.717) is 13.0 Å². The Hall–Kier alpha value is -2.29. The summed E-state index contributed by atoms with van der Waals surface area (Å²) in [6.45, 7) is 13.3. The summed E-state index contributed by atoms with van der Waals surface area (Å²) in [5.74, 6) is 2.02. The molecular formula is C29H39NO2. The lowest BCUT2D eigenvalue weighted by atomic mass is 9.82. The fraction of sp³-hybridized carbons (Fsp3) is 0.552. The van der Waals surface area contributed by atoms with Gasteiger partial charge < -0.3 is 10.1 Å². The predicted octanol–water partition coefficient (Wildman–Crippen LogP) is 7.56. The maximum Gasteiger partial charge on any atom is 0.224 e. The second kappa shape index (κ2) is 8.92. The van der Waals surface area contributed by atoms with Crippen molar-refractivity contribution >= 4 is 11.6 Å². The fourth-order valence-corrected chi connectivity index (χ4v) is 5.55. The van der Waals surface area contributed by atoms with Crippen molar-refractivity contribution in [3.05, 3.63) is 57.6 Å². The lowest BCUT2D eigenvalue weighted by molar-refractivity contribution is -0.117. The Morgan fingerprint density at radius 2 is 1.56 bits per heavy atom. The van der Waals surface area contributed by atoms with Crippen LogP contribution < -0.4 is 10.1 Å². The number of amides is 1. The average molecular weight is 434 g/mol. The van der Waals surface area contributed by atoms with Gasteiger partial charge in [0.15, 0.2) is 0 Å². The molecule has 3 nitrogen and oxygen atoms in total. The topological polar surface area (TPSA) is 38.3 Å². The van der Waals surface area contributed by atoms with Crippen LogP contribution in [0.25, 0.3) is 0 Å². The smallest absolute Gasteiger partial charge is 0.224 e. The summed E-state index contributed by atoms with van der Waals surface area (Å²) in [5.41, 5.74) is 8.35. The number of carbonyl (C=O) groups excluding carboxylic acids is 1. The second-order valence-electron chi connectivity index (χ2n) is 11.1. The summed E-state index contributed by atoms with van der Waals surface area (Å²) in [6.07, 6.45) is 7.26. The Labute approximate surface area is 194 Å². The van der Waals surface area contributed by atoms with Crippen LogP contribution in [0.3, 0.4) is 0 Å². The van der Waals surface area contributed by atoms with Gasteiger partial charge in [-0.2, -0.15) is 0 Å². The molecule has 32 heavy (non-hydrogen) atoms. The normalized spacial score (nSPS) is 18.9. The molecule has 0 aromatic heterocycles. The van der Waals surface area contributed by atoms with E-state index in [0.717, 1.165) is 34.0 Å². The monoisotopic (exact) mass is 433 g/mol. The standard InChI is InChI=1S/C29H39NO2/c1-18-19(2)28-26(20(3)27(18)30-25(31)16-29(4,5)6)24(17-32-28)23-14-12-22(13-15-23)21-10-8-7-9-11-21/h12-15,21,24H,7-11,16-17H2,1-6H3,(H,30,31). The Balaban J connectivity index is 1.64. The van der Waals surface area contributed by atoms with Gasteiger partial charge in [0.05, 0.1) is 6.61 Å². The minimum absolute atomic E-state index is 0.0383. The molecule has 1 unspecified atom stereocenters. The zero-order chi connectivity index (χ0) is 23.0. The van der Waals surface area contributed by atoms with Crippen LogP contribution in [0.2, 0.25) is 0 Å². The van der Waals surface area contributed by atoms with Gasteiger partial charge in [-0.3, -0.25) is 4.79 Å². The fourth-order valence-electron chi connectivity index (χ4n) is 5.55. The van der Waals surface area contributed by atoms with Gasteiger partial charge in [0.2, 0.25) is 5.91 Å². The first-order chi connectivity index (χ1) is 15.2. The number of fused-ring (bicyclic) bond motifs is 1. The summed E-state index contributed by atoms with van der Waals surface area (Å²) in [6, 6.07) is 9.29. The van der Waals surface area contributed by atoms with Crippen LogP contribution in [0.4, 0.5) is 5.69 Å². The SMILES string of the molecule is Cc1c(C)c2c(c(C)c1NC(=O)CC(C)(C)C)C(c1ccc(C3CCCCC3)cc1)CO2. The van der Waals surface area contributed by atoms with Crippen molar-refractivity contribution in [1.82, 2.24) is 0 Å². The lowest BCUT2D eigenvalue weighted by Gasteiger charge is -2.23. The number of benzene rings is 2. The molecule has 0 spiro atoms. The van der Waals surface area contributed by atoms with Gasteiger partial charge in [0.1, 0.15) is 5.75 Å². The maximum atomic E-state index is 12.7. The lowest BCUT2D eigenvalue weighted by Crippen LogP contribution is -2.21. The minimum atomic E-state index is -0.0383. The van der Waals surface area contributed by atoms with Crippen LogP contribution in [-0.4, -0.2) is 12.5 Å². The number of rotatable bonds is 4. The van der Waals surface area contributed by atoms with Crippen molar-refractivity contribution in [2.24, 2.45) is 5.41 Å². The highest BCUT2D eigenvalue weighted by atomic mass is 16.5. The van der Waals surface area contributed by atoms with Gasteiger partial charge in [-0.15, -0.1) is 0 Å². The van der Waals surface area contributed by atoms with Crippen LogP contribution in [0, 0.1) is 26.2 Å². The van der Waals surface area contributed by atoms with Gasteiger partial charge in [-0.25, -0.2) is 0 Å². The Kier molecular flexibility index (Phi) is 6.38. The quantitative estimate of drug-likeness (QED) is 0.540. The number of anilines is 1. The van der Waals surface area contributed by atoms with Crippen LogP contribution in [0.1, 0.15) is 105 Å². The molecule has 1 amide bonds. The number of ether oxygens (including phenoxy) is 1. The zero-order valence-corrected chi connectivity index (χ0v) is 20.7. The van der Waals surface area contributed by atoms with Gasteiger partial charge >= 0.3 is 0 Å². The molecule has 3 heteroatoms. The third kappa shape index (κ3) is 4.58. The Morgan fingerprint density at radius 3 is 2.19 bits per heavy atom. The highest BCUT2D eigenvalue weighted by molar-refractivity contribution is 5.93. The van der Waals surface area contributed by atoms with Crippen LogP contribution in [0.15, 0.2) is 24.3 Å². The van der Waals surface area contributed by atoms with Crippen molar-refractivity contribution in [2.45, 2.75) is 91.9 Å². The van der Waals surface area contributed by atoms with E-state index < -0.39 is 0 Å². The zero-order valence-electron chi connectivity index (χ0n) is 20.7. The highest BCUT2D eigenvalue weighted by Gasteiger charge is 2.32. The van der Waals surface area contributed by atoms with E-state index in [-0.39, 0.29) is 17.2 Å². The van der Waals surface area contributed by atoms with E-state index in [9.17, 15) is 4.79 Å². The molecule has 0 saturated heterocycles. The van der Waals surface area contributed by atoms with Gasteiger partial charge in [0.25, 0.3) is 0 Å². The molecule has 0 radical (unpaired) electrons. The van der Waals surface area contributed by atoms with Crippen LogP contribution in [-0.2, 0) is 4.79 Å². The third-order valence-electron chi connectivity index (χ3n) is 7.42. The molecule has 2 aromatic carbocycles. The number of nitrogens with one attached hydrogen (secondary N) is 1. The van der Waals surface area contributed by atoms with Crippen molar-refractivity contribution in [2.75, 3.05) is 11.9 Å². The summed E-state index contributed by atoms with van der Waals surface area (Å²) in [7, 11) is 0. The third-order valence-corrected chi connectivity index (χ3v) is 7.42. The van der Waals surface area contributed by atoms with E-state index in [1.807, 2.05) is 0 Å². The van der Waals surface area contributed by atoms with Gasteiger partial charge in [0, 0.05) is 23.6 Å². The average Bonchev–Trinajstić information content (AvgIpc) is 3.20. The largest absolute Gasteiger partial charge is 0.492 e. The van der Waals surface area contributed by atoms with Gasteiger partial charge in [-0.1, -0.05) is 64.3 Å². The number of hydrogen-bond acceptors (Lipinski definition) is 2. The first-order valence-corrected chi connectivity index (χ1v) is 12.3. The molecule has 172 valence electrons. The molecule has 2 aromatic rings. The summed E-state index contributed by atoms with van der Waals surface area (Å²) in [5, 5.41) is 3.24. The molecule has 2 aliphatic rings. The highest BCUT2D eigenvalue weighted by Crippen LogP contribution is 2.47. The molecule has 1 N–H and O–H groups in total. The van der Waals surface area contributed by atoms with Crippen molar-refractivity contribution in [1.29, 1.82) is 0 Å². The van der Waals surface area contributed by atoms with Crippen LogP contribution >= 0.6 is 0 Å². The molecule has 1 atom stereocenters. The molecule has 1 aliphatic carbocycles. The van der Waals surface area contributed by atoms with Crippen LogP contribution in [0.5, 0.6) is 5.75 Å². The predicted molar refractivity (Wildman–Crippen MR) is 133 cm³/mol. The molecule has 1 fully saturated rings. The van der Waals surface area contributed by atoms with E-state index in [1.165, 1.54) is 48.8 Å². The van der Waals surface area contributed by atoms with Crippen molar-refractivity contribution in [3.63, 3.8) is 0 Å². The van der Waals surface area contributed by atoms with Gasteiger partial charge in [-0.05, 0) is 72.8 Å². The van der Waals surface area contributed by atoms with E-state index in [1.54, 1.807) is 0 Å². The molecule has 0 bridgehead atoms. The first kappa shape index (κ1) is 22.9. The van der Waals surface area contributed by atoms with E-state index >= 15 is 0 Å². The summed E-state index contributed by atoms with van der Waals surface area (Å²) in [4.78, 5) is 12.7. The van der Waals surface area contributed by atoms with Crippen molar-refractivity contribution in [3.8, 4) is 5.75 Å². The Morgan fingerprint density at radius 1 is 0.938 bits per heavy atom. The van der Waals surface area contributed by atoms with Crippen molar-refractivity contribution < 1.29 is 9.53 Å². The van der Waals surface area contributed by atoms with E-state index in [2.05, 4.69) is 71.1 Å². The molecule has 4 rings (SSSR count). The molecular weight excluding hydrogens is 394 g/mol.